The zero-order valence-electron chi connectivity index (χ0n) is 15.2. The molecule has 6 nitrogen and oxygen atoms in total. The minimum absolute atomic E-state index is 0.107. The molecule has 0 saturated heterocycles. The zero-order valence-corrected chi connectivity index (χ0v) is 17.6. The molecular weight excluding hydrogens is 418 g/mol. The highest BCUT2D eigenvalue weighted by Gasteiger charge is 2.14. The highest BCUT2D eigenvalue weighted by atomic mass is 79.9. The van der Waals surface area contributed by atoms with Crippen molar-refractivity contribution in [2.24, 2.45) is 4.99 Å². The average Bonchev–Trinajstić information content (AvgIpc) is 2.60. The maximum atomic E-state index is 11.9. The van der Waals surface area contributed by atoms with Gasteiger partial charge in [0.05, 0.1) is 27.1 Å². The van der Waals surface area contributed by atoms with Gasteiger partial charge in [0.15, 0.2) is 9.84 Å². The first kappa shape index (κ1) is 20.4. The van der Waals surface area contributed by atoms with E-state index in [1.165, 1.54) is 6.26 Å². The Morgan fingerprint density at radius 1 is 1.35 bits per heavy atom. The molecule has 0 fully saturated rings. The lowest BCUT2D eigenvalue weighted by Gasteiger charge is -2.12. The summed E-state index contributed by atoms with van der Waals surface area (Å²) >= 11 is 3.44. The fourth-order valence-electron chi connectivity index (χ4n) is 2.15. The second-order valence-electron chi connectivity index (χ2n) is 5.87. The molecule has 140 valence electrons. The maximum absolute atomic E-state index is 11.9. The summed E-state index contributed by atoms with van der Waals surface area (Å²) in [6.45, 7) is 4.86. The molecule has 2 rings (SSSR count). The van der Waals surface area contributed by atoms with Crippen molar-refractivity contribution in [1.82, 2.24) is 9.88 Å². The van der Waals surface area contributed by atoms with Gasteiger partial charge in [-0.15, -0.1) is 0 Å². The van der Waals surface area contributed by atoms with Crippen LogP contribution >= 0.6 is 15.9 Å². The molecule has 0 N–H and O–H groups in total. The summed E-state index contributed by atoms with van der Waals surface area (Å²) in [5.41, 5.74) is 2.05. The van der Waals surface area contributed by atoms with Gasteiger partial charge in [-0.2, -0.15) is 0 Å². The van der Waals surface area contributed by atoms with Gasteiger partial charge in [-0.3, -0.25) is 0 Å². The molecule has 1 heterocycles. The molecule has 1 aromatic heterocycles. The van der Waals surface area contributed by atoms with Crippen LogP contribution in [-0.2, 0) is 16.4 Å². The minimum Gasteiger partial charge on any atom is -0.472 e. The van der Waals surface area contributed by atoms with Gasteiger partial charge in [-0.1, -0.05) is 18.2 Å². The number of sulfone groups is 1. The molecule has 0 aliphatic heterocycles. The number of benzene rings is 1. The zero-order chi connectivity index (χ0) is 19.3. The van der Waals surface area contributed by atoms with Gasteiger partial charge in [0.1, 0.15) is 6.61 Å². The number of ether oxygens (including phenoxy) is 1. The Hall–Kier alpha value is -1.93. The van der Waals surface area contributed by atoms with E-state index in [-0.39, 0.29) is 11.5 Å². The van der Waals surface area contributed by atoms with E-state index < -0.39 is 9.84 Å². The number of rotatable bonds is 7. The largest absolute Gasteiger partial charge is 0.472 e. The van der Waals surface area contributed by atoms with E-state index in [1.54, 1.807) is 30.6 Å². The number of pyridine rings is 1. The lowest BCUT2D eigenvalue weighted by Crippen LogP contribution is -2.14. The third-order valence-electron chi connectivity index (χ3n) is 3.74. The van der Waals surface area contributed by atoms with Gasteiger partial charge in [0, 0.05) is 25.4 Å². The molecule has 1 aromatic carbocycles. The van der Waals surface area contributed by atoms with E-state index in [4.69, 9.17) is 4.74 Å². The first-order valence-electron chi connectivity index (χ1n) is 8.04. The number of aromatic nitrogens is 1. The molecule has 0 saturated carbocycles. The van der Waals surface area contributed by atoms with E-state index in [2.05, 4.69) is 25.9 Å². The summed E-state index contributed by atoms with van der Waals surface area (Å²) < 4.78 is 30.2. The third kappa shape index (κ3) is 5.28. The highest BCUT2D eigenvalue weighted by molar-refractivity contribution is 9.10. The van der Waals surface area contributed by atoms with Crippen LogP contribution in [0.3, 0.4) is 0 Å². The normalized spacial score (nSPS) is 11.7. The number of aliphatic imine (C=N–C) groups is 1. The first-order valence-corrected chi connectivity index (χ1v) is 10.7. The van der Waals surface area contributed by atoms with Crippen LogP contribution in [0.2, 0.25) is 0 Å². The van der Waals surface area contributed by atoms with Gasteiger partial charge < -0.3 is 9.64 Å². The Kier molecular flexibility index (Phi) is 6.77. The Labute approximate surface area is 163 Å². The van der Waals surface area contributed by atoms with Gasteiger partial charge in [0.2, 0.25) is 5.88 Å². The summed E-state index contributed by atoms with van der Waals surface area (Å²) in [7, 11) is -1.37. The summed E-state index contributed by atoms with van der Waals surface area (Å²) in [4.78, 5) is 11.1. The van der Waals surface area contributed by atoms with Crippen molar-refractivity contribution in [2.45, 2.75) is 25.3 Å². The molecule has 0 spiro atoms. The van der Waals surface area contributed by atoms with Crippen LogP contribution in [0.1, 0.15) is 18.2 Å². The van der Waals surface area contributed by atoms with Gasteiger partial charge in [-0.05, 0) is 41.9 Å². The first-order chi connectivity index (χ1) is 12.2. The van der Waals surface area contributed by atoms with Crippen LogP contribution in [-0.4, -0.2) is 44.5 Å². The third-order valence-corrected chi connectivity index (χ3v) is 5.50. The second kappa shape index (κ2) is 8.64. The quantitative estimate of drug-likeness (QED) is 0.485. The molecule has 0 amide bonds. The monoisotopic (exact) mass is 439 g/mol. The topological polar surface area (TPSA) is 71.9 Å². The molecule has 2 aromatic rings. The van der Waals surface area contributed by atoms with Crippen molar-refractivity contribution in [2.75, 3.05) is 19.8 Å². The predicted octanol–water partition coefficient (Wildman–Crippen LogP) is 3.75. The van der Waals surface area contributed by atoms with Crippen molar-refractivity contribution < 1.29 is 13.2 Å². The molecule has 0 atom stereocenters. The van der Waals surface area contributed by atoms with E-state index >= 15 is 0 Å². The highest BCUT2D eigenvalue weighted by Crippen LogP contribution is 2.30. The van der Waals surface area contributed by atoms with Gasteiger partial charge >= 0.3 is 0 Å². The second-order valence-corrected chi connectivity index (χ2v) is 8.70. The number of hydrogen-bond acceptors (Lipinski definition) is 5. The van der Waals surface area contributed by atoms with Crippen LogP contribution in [0, 0.1) is 6.92 Å². The van der Waals surface area contributed by atoms with Crippen LogP contribution in [0.15, 0.2) is 44.7 Å². The number of aryl methyl sites for hydroxylation is 1. The van der Waals surface area contributed by atoms with E-state index in [9.17, 15) is 8.42 Å². The van der Waals surface area contributed by atoms with E-state index in [0.717, 1.165) is 17.9 Å². The predicted molar refractivity (Wildman–Crippen MR) is 107 cm³/mol. The molecule has 0 radical (unpaired) electrons. The molecule has 8 heteroatoms. The Balaban J connectivity index is 2.22. The SMILES string of the molecule is CCN(C)/C=N/c1cc(Br)c(OCc2ccccc2S(C)(=O)=O)nc1C. The lowest BCUT2D eigenvalue weighted by molar-refractivity contribution is 0.288. The molecular formula is C18H22BrN3O3S. The number of halogens is 1. The van der Waals surface area contributed by atoms with Crippen molar-refractivity contribution in [3.63, 3.8) is 0 Å². The average molecular weight is 440 g/mol. The maximum Gasteiger partial charge on any atom is 0.228 e. The summed E-state index contributed by atoms with van der Waals surface area (Å²) in [5, 5.41) is 0. The fraction of sp³-hybridized carbons (Fsp3) is 0.333. The summed E-state index contributed by atoms with van der Waals surface area (Å²) in [6, 6.07) is 8.61. The Morgan fingerprint density at radius 2 is 2.04 bits per heavy atom. The molecule has 0 bridgehead atoms. The fourth-order valence-corrected chi connectivity index (χ4v) is 3.50. The van der Waals surface area contributed by atoms with Crippen LogP contribution in [0.25, 0.3) is 0 Å². The van der Waals surface area contributed by atoms with Gasteiger partial charge in [-0.25, -0.2) is 18.4 Å². The van der Waals surface area contributed by atoms with E-state index in [1.807, 2.05) is 31.9 Å². The lowest BCUT2D eigenvalue weighted by atomic mass is 10.2. The van der Waals surface area contributed by atoms with E-state index in [0.29, 0.717) is 15.9 Å². The van der Waals surface area contributed by atoms with Crippen molar-refractivity contribution in [1.29, 1.82) is 0 Å². The van der Waals surface area contributed by atoms with Crippen LogP contribution in [0.5, 0.6) is 5.88 Å². The molecule has 26 heavy (non-hydrogen) atoms. The van der Waals surface area contributed by atoms with Crippen molar-refractivity contribution in [3.05, 3.63) is 46.1 Å². The van der Waals surface area contributed by atoms with Crippen molar-refractivity contribution >= 4 is 37.8 Å². The molecule has 0 aliphatic rings. The van der Waals surface area contributed by atoms with Crippen molar-refractivity contribution in [3.8, 4) is 5.88 Å². The standard InChI is InChI=1S/C18H22BrN3O3S/c1-5-22(3)12-20-16-10-15(19)18(21-13(16)2)25-11-14-8-6-7-9-17(14)26(4,23)24/h6-10,12H,5,11H2,1-4H3/b20-12+. The minimum atomic E-state index is -3.32. The number of hydrogen-bond donors (Lipinski definition) is 0. The molecule has 0 aliphatic carbocycles. The Bertz CT molecular complexity index is 914. The summed E-state index contributed by atoms with van der Waals surface area (Å²) in [6.07, 6.45) is 2.93. The molecule has 0 unspecified atom stereocenters. The smallest absolute Gasteiger partial charge is 0.228 e. The van der Waals surface area contributed by atoms with Crippen LogP contribution < -0.4 is 4.74 Å². The number of nitrogens with zero attached hydrogens (tertiary/aromatic N) is 3. The summed E-state index contributed by atoms with van der Waals surface area (Å²) in [5.74, 6) is 0.397. The van der Waals surface area contributed by atoms with Gasteiger partial charge in [0.25, 0.3) is 0 Å². The van der Waals surface area contributed by atoms with Crippen LogP contribution in [0.4, 0.5) is 5.69 Å². The Morgan fingerprint density at radius 3 is 2.69 bits per heavy atom.